The summed E-state index contributed by atoms with van der Waals surface area (Å²) in [5.74, 6) is -0.325. The van der Waals surface area contributed by atoms with E-state index in [1.165, 1.54) is 12.3 Å². The fourth-order valence-electron chi connectivity index (χ4n) is 0.344. The van der Waals surface area contributed by atoms with Crippen molar-refractivity contribution in [2.45, 2.75) is 5.38 Å². The van der Waals surface area contributed by atoms with Gasteiger partial charge in [-0.25, -0.2) is 0 Å². The molecule has 0 aromatic carbocycles. The Balaban J connectivity index is 0.000000292. The van der Waals surface area contributed by atoms with Crippen molar-refractivity contribution < 1.29 is 19.7 Å². The molecule has 0 aromatic heterocycles. The van der Waals surface area contributed by atoms with E-state index in [1.54, 1.807) is 0 Å². The second kappa shape index (κ2) is 6.02. The van der Waals surface area contributed by atoms with Gasteiger partial charge in [0.05, 0.1) is 0 Å². The van der Waals surface area contributed by atoms with Crippen LogP contribution >= 0.6 is 11.6 Å². The fraction of sp³-hybridized carbons (Fsp3) is 0.250. The van der Waals surface area contributed by atoms with Gasteiger partial charge >= 0.3 is 7.69 Å². The van der Waals surface area contributed by atoms with Crippen molar-refractivity contribution in [3.8, 4) is 0 Å². The van der Waals surface area contributed by atoms with E-state index in [4.69, 9.17) is 21.6 Å². The minimum Gasteiger partial charge on any atom is -0.429 e. The molecule has 0 saturated carbocycles. The number of hydrogen-bond donors (Lipinski definition) is 3. The summed E-state index contributed by atoms with van der Waals surface area (Å²) in [6.45, 7) is 0. The van der Waals surface area contributed by atoms with Crippen LogP contribution in [0.5, 0.6) is 0 Å². The van der Waals surface area contributed by atoms with Gasteiger partial charge in [-0.05, 0) is 6.08 Å². The largest absolute Gasteiger partial charge is 0.482 e. The van der Waals surface area contributed by atoms with Crippen molar-refractivity contribution in [3.63, 3.8) is 0 Å². The van der Waals surface area contributed by atoms with Gasteiger partial charge < -0.3 is 14.9 Å². The number of alkyl halides is 1. The van der Waals surface area contributed by atoms with Gasteiger partial charge in [-0.15, -0.1) is 11.6 Å². The van der Waals surface area contributed by atoms with Crippen molar-refractivity contribution in [1.29, 1.82) is 0 Å². The van der Waals surface area contributed by atoms with Crippen molar-refractivity contribution in [3.05, 3.63) is 12.3 Å². The summed E-state index contributed by atoms with van der Waals surface area (Å²) in [6.07, 6.45) is 2.79. The number of rotatable bonds is 0. The van der Waals surface area contributed by atoms with E-state index in [9.17, 15) is 4.79 Å². The van der Waals surface area contributed by atoms with Crippen LogP contribution in [-0.2, 0) is 9.63 Å². The van der Waals surface area contributed by atoms with Crippen LogP contribution in [0.25, 0.3) is 0 Å². The Morgan fingerprint density at radius 3 is 2.55 bits per heavy atom. The topological polar surface area (TPSA) is 78.8 Å². The normalized spacial score (nSPS) is 20.6. The molecule has 1 rings (SSSR count). The third-order valence-corrected chi connectivity index (χ3v) is 1.07. The minimum atomic E-state index is -0.580. The number of carbonyl (C=O) groups is 1. The van der Waals surface area contributed by atoms with Crippen LogP contribution in [0.2, 0.25) is 0 Å². The van der Waals surface area contributed by atoms with E-state index in [1.807, 2.05) is 0 Å². The molecule has 0 aliphatic carbocycles. The number of halogens is 1. The molecule has 1 unspecified atom stereocenters. The summed E-state index contributed by atoms with van der Waals surface area (Å²) in [6, 6.07) is 0. The highest BCUT2D eigenvalue weighted by Gasteiger charge is 2.14. The monoisotopic (exact) mass is 178 g/mol. The molecular formula is C4H6BClNO4. The maximum atomic E-state index is 10.4. The number of nitrogens with one attached hydrogen (secondary N) is 1. The number of carbonyl (C=O) groups excluding carboxylic acids is 1. The van der Waals surface area contributed by atoms with E-state index < -0.39 is 5.38 Å². The number of hydroxylamine groups is 1. The molecule has 0 aromatic rings. The van der Waals surface area contributed by atoms with Gasteiger partial charge in [0.25, 0.3) is 5.91 Å². The highest BCUT2D eigenvalue weighted by atomic mass is 35.5. The summed E-state index contributed by atoms with van der Waals surface area (Å²) in [7, 11) is 0. The predicted octanol–water partition coefficient (Wildman–Crippen LogP) is -1.33. The van der Waals surface area contributed by atoms with Gasteiger partial charge in [0.15, 0.2) is 0 Å². The van der Waals surface area contributed by atoms with Gasteiger partial charge in [-0.3, -0.25) is 4.79 Å². The summed E-state index contributed by atoms with van der Waals surface area (Å²) in [4.78, 5) is 14.8. The standard InChI is InChI=1S/C4H4ClNO2.BH2O2/c5-3-1-2-8-6-4(3)7;2-1-3/h1-3H,(H,6,7);2-3H. The first-order valence-electron chi connectivity index (χ1n) is 2.58. The molecule has 0 saturated heterocycles. The lowest BCUT2D eigenvalue weighted by atomic mass is 10.4. The molecule has 0 fully saturated rings. The average molecular weight is 178 g/mol. The van der Waals surface area contributed by atoms with Crippen LogP contribution in [-0.4, -0.2) is 29.0 Å². The van der Waals surface area contributed by atoms with Gasteiger partial charge in [-0.2, -0.15) is 5.48 Å². The second-order valence-corrected chi connectivity index (χ2v) is 1.90. The van der Waals surface area contributed by atoms with Crippen LogP contribution in [0.1, 0.15) is 0 Å². The Morgan fingerprint density at radius 1 is 1.73 bits per heavy atom. The predicted molar refractivity (Wildman–Crippen MR) is 38.2 cm³/mol. The van der Waals surface area contributed by atoms with Crippen LogP contribution in [0.15, 0.2) is 12.3 Å². The zero-order valence-electron chi connectivity index (χ0n) is 5.40. The molecule has 5 nitrogen and oxygen atoms in total. The minimum absolute atomic E-state index is 0. The molecule has 11 heavy (non-hydrogen) atoms. The van der Waals surface area contributed by atoms with Crippen LogP contribution < -0.4 is 5.48 Å². The first-order valence-corrected chi connectivity index (χ1v) is 3.02. The van der Waals surface area contributed by atoms with Crippen molar-refractivity contribution >= 4 is 25.2 Å². The summed E-state index contributed by atoms with van der Waals surface area (Å²) in [5, 5.41) is 13.4. The lowest BCUT2D eigenvalue weighted by Gasteiger charge is -2.09. The molecule has 1 radical (unpaired) electrons. The molecule has 1 amide bonds. The molecule has 0 spiro atoms. The lowest BCUT2D eigenvalue weighted by Crippen LogP contribution is -2.32. The Labute approximate surface area is 68.9 Å². The maximum absolute atomic E-state index is 10.4. The molecule has 1 heterocycles. The van der Waals surface area contributed by atoms with Gasteiger partial charge in [-0.1, -0.05) is 0 Å². The highest BCUT2D eigenvalue weighted by molar-refractivity contribution is 6.32. The molecule has 3 N–H and O–H groups in total. The van der Waals surface area contributed by atoms with Crippen molar-refractivity contribution in [2.75, 3.05) is 0 Å². The maximum Gasteiger partial charge on any atom is 0.482 e. The highest BCUT2D eigenvalue weighted by Crippen LogP contribution is 2.01. The first-order chi connectivity index (χ1) is 5.22. The molecule has 7 heteroatoms. The quantitative estimate of drug-likeness (QED) is 0.317. The van der Waals surface area contributed by atoms with Crippen molar-refractivity contribution in [1.82, 2.24) is 5.48 Å². The SMILES string of the molecule is O=C1NOC=CC1Cl.O[B]O. The zero-order chi connectivity index (χ0) is 8.69. The zero-order valence-corrected chi connectivity index (χ0v) is 6.15. The average Bonchev–Trinajstić information content (AvgIpc) is 1.97. The third kappa shape index (κ3) is 4.66. The summed E-state index contributed by atoms with van der Waals surface area (Å²) >= 11 is 5.39. The number of amides is 1. The molecule has 61 valence electrons. The van der Waals surface area contributed by atoms with E-state index >= 15 is 0 Å². The molecular weight excluding hydrogens is 172 g/mol. The van der Waals surface area contributed by atoms with Gasteiger partial charge in [0, 0.05) is 0 Å². The van der Waals surface area contributed by atoms with E-state index in [0.717, 1.165) is 0 Å². The third-order valence-electron chi connectivity index (χ3n) is 0.726. The van der Waals surface area contributed by atoms with Crippen molar-refractivity contribution in [2.24, 2.45) is 0 Å². The molecule has 1 aliphatic heterocycles. The van der Waals surface area contributed by atoms with Gasteiger partial charge in [0.2, 0.25) is 0 Å². The molecule has 1 aliphatic rings. The van der Waals surface area contributed by atoms with Gasteiger partial charge in [0.1, 0.15) is 11.6 Å². The fourth-order valence-corrected chi connectivity index (χ4v) is 0.448. The first kappa shape index (κ1) is 10.3. The lowest BCUT2D eigenvalue weighted by molar-refractivity contribution is -0.129. The Kier molecular flexibility index (Phi) is 5.63. The molecule has 1 atom stereocenters. The Bertz CT molecular complexity index is 153. The van der Waals surface area contributed by atoms with Crippen LogP contribution in [0.4, 0.5) is 0 Å². The Hall–Kier alpha value is -0.715. The second-order valence-electron chi connectivity index (χ2n) is 1.43. The Morgan fingerprint density at radius 2 is 2.27 bits per heavy atom. The van der Waals surface area contributed by atoms with E-state index in [0.29, 0.717) is 0 Å². The summed E-state index contributed by atoms with van der Waals surface area (Å²) < 4.78 is 0. The van der Waals surface area contributed by atoms with E-state index in [2.05, 4.69) is 10.3 Å². The summed E-state index contributed by atoms with van der Waals surface area (Å²) in [5.41, 5.74) is 2.07. The number of hydrogen-bond acceptors (Lipinski definition) is 4. The van der Waals surface area contributed by atoms with Crippen LogP contribution in [0.3, 0.4) is 0 Å². The molecule has 0 bridgehead atoms. The van der Waals surface area contributed by atoms with E-state index in [-0.39, 0.29) is 13.6 Å². The smallest absolute Gasteiger partial charge is 0.429 e. The van der Waals surface area contributed by atoms with Crippen LogP contribution in [0, 0.1) is 0 Å².